The molecule has 140 valence electrons. The molecule has 3 aliphatic rings. The van der Waals surface area contributed by atoms with Gasteiger partial charge in [-0.05, 0) is 12.1 Å². The van der Waals surface area contributed by atoms with E-state index in [9.17, 15) is 0 Å². The lowest BCUT2D eigenvalue weighted by Crippen LogP contribution is -2.60. The van der Waals surface area contributed by atoms with Crippen molar-refractivity contribution < 1.29 is 23.7 Å². The molecule has 0 saturated carbocycles. The minimum Gasteiger partial charge on any atom is -0.469 e. The molecule has 0 amide bonds. The molecule has 6 heteroatoms. The first-order chi connectivity index (χ1) is 13.3. The summed E-state index contributed by atoms with van der Waals surface area (Å²) in [6.45, 7) is 0.414. The molecule has 0 N–H and O–H groups in total. The van der Waals surface area contributed by atoms with Crippen molar-refractivity contribution in [1.82, 2.24) is 0 Å². The Kier molecular flexibility index (Phi) is 4.41. The van der Waals surface area contributed by atoms with Gasteiger partial charge in [-0.2, -0.15) is 0 Å². The molecule has 0 unspecified atom stereocenters. The van der Waals surface area contributed by atoms with Crippen LogP contribution >= 0.6 is 0 Å². The van der Waals surface area contributed by atoms with E-state index in [1.807, 2.05) is 60.7 Å². The quantitative estimate of drug-likeness (QED) is 0.835. The van der Waals surface area contributed by atoms with Crippen molar-refractivity contribution in [1.29, 1.82) is 0 Å². The highest BCUT2D eigenvalue weighted by Crippen LogP contribution is 2.39. The van der Waals surface area contributed by atoms with Gasteiger partial charge in [-0.1, -0.05) is 48.5 Å². The van der Waals surface area contributed by atoms with E-state index in [1.54, 1.807) is 7.11 Å². The third-order valence-electron chi connectivity index (χ3n) is 5.15. The van der Waals surface area contributed by atoms with Gasteiger partial charge in [0.2, 0.25) is 5.90 Å². The summed E-state index contributed by atoms with van der Waals surface area (Å²) >= 11 is 0. The zero-order valence-electron chi connectivity index (χ0n) is 14.9. The Morgan fingerprint density at radius 2 is 1.67 bits per heavy atom. The molecule has 0 radical (unpaired) electrons. The van der Waals surface area contributed by atoms with Gasteiger partial charge in [0.05, 0.1) is 6.61 Å². The van der Waals surface area contributed by atoms with Crippen molar-refractivity contribution in [2.75, 3.05) is 13.7 Å². The lowest BCUT2D eigenvalue weighted by atomic mass is 9.96. The highest BCUT2D eigenvalue weighted by Gasteiger charge is 2.54. The topological polar surface area (TPSA) is 58.5 Å². The number of aliphatic imine (C=N–C) groups is 1. The molecule has 27 heavy (non-hydrogen) atoms. The molecule has 2 fully saturated rings. The van der Waals surface area contributed by atoms with E-state index in [0.717, 1.165) is 11.1 Å². The Morgan fingerprint density at radius 1 is 0.926 bits per heavy atom. The average Bonchev–Trinajstić information content (AvgIpc) is 3.20. The molecule has 0 aliphatic carbocycles. The number of benzene rings is 2. The average molecular weight is 367 g/mol. The Morgan fingerprint density at radius 3 is 2.41 bits per heavy atom. The minimum absolute atomic E-state index is 0.263. The number of fused-ring (bicyclic) bond motifs is 3. The van der Waals surface area contributed by atoms with E-state index in [1.165, 1.54) is 0 Å². The molecular formula is C21H21NO5. The molecule has 3 aliphatic heterocycles. The Bertz CT molecular complexity index is 812. The first-order valence-electron chi connectivity index (χ1n) is 9.13. The van der Waals surface area contributed by atoms with Gasteiger partial charge in [0.15, 0.2) is 18.7 Å². The molecule has 0 spiro atoms. The van der Waals surface area contributed by atoms with Crippen molar-refractivity contribution in [3.63, 3.8) is 0 Å². The van der Waals surface area contributed by atoms with Crippen LogP contribution in [0.2, 0.25) is 0 Å². The first-order valence-corrected chi connectivity index (χ1v) is 9.13. The van der Waals surface area contributed by atoms with Crippen molar-refractivity contribution >= 4 is 5.90 Å². The second kappa shape index (κ2) is 7.05. The fourth-order valence-electron chi connectivity index (χ4n) is 3.82. The monoisotopic (exact) mass is 367 g/mol. The number of hydrogen-bond donors (Lipinski definition) is 0. The number of hydrogen-bond acceptors (Lipinski definition) is 6. The Balaban J connectivity index is 1.41. The predicted molar refractivity (Wildman–Crippen MR) is 97.3 cm³/mol. The summed E-state index contributed by atoms with van der Waals surface area (Å²) < 4.78 is 30.0. The summed E-state index contributed by atoms with van der Waals surface area (Å²) in [7, 11) is 1.62. The Labute approximate surface area is 157 Å². The summed E-state index contributed by atoms with van der Waals surface area (Å²) in [5.41, 5.74) is 1.91. The highest BCUT2D eigenvalue weighted by atomic mass is 16.7. The molecule has 2 aromatic rings. The molecule has 2 aromatic carbocycles. The summed E-state index contributed by atoms with van der Waals surface area (Å²) in [6.07, 6.45) is -1.76. The molecular weight excluding hydrogens is 346 g/mol. The van der Waals surface area contributed by atoms with E-state index >= 15 is 0 Å². The maximum atomic E-state index is 6.27. The van der Waals surface area contributed by atoms with Gasteiger partial charge in [-0.15, -0.1) is 0 Å². The zero-order valence-corrected chi connectivity index (χ0v) is 14.9. The number of methoxy groups -OCH3 is 1. The molecule has 5 rings (SSSR count). The second-order valence-electron chi connectivity index (χ2n) is 6.83. The maximum absolute atomic E-state index is 6.27. The van der Waals surface area contributed by atoms with Gasteiger partial charge in [-0.25, -0.2) is 4.99 Å². The SMILES string of the molecule is CO[C@H]1O[C@H]2CO[C@@H](c3ccccc3)O[C@@H]2[C@@H]2OC(c3ccccc3)=N[C@H]12. The predicted octanol–water partition coefficient (Wildman–Crippen LogP) is 2.69. The molecule has 0 aromatic heterocycles. The lowest BCUT2D eigenvalue weighted by Gasteiger charge is -2.45. The van der Waals surface area contributed by atoms with Crippen LogP contribution in [-0.4, -0.2) is 50.3 Å². The lowest BCUT2D eigenvalue weighted by molar-refractivity contribution is -0.333. The van der Waals surface area contributed by atoms with E-state index < -0.39 is 12.6 Å². The van der Waals surface area contributed by atoms with Crippen LogP contribution in [0.1, 0.15) is 17.4 Å². The van der Waals surface area contributed by atoms with Gasteiger partial charge in [-0.3, -0.25) is 0 Å². The van der Waals surface area contributed by atoms with Crippen LogP contribution in [0.4, 0.5) is 0 Å². The Hall–Kier alpha value is -2.25. The van der Waals surface area contributed by atoms with Crippen molar-refractivity contribution in [3.05, 3.63) is 71.8 Å². The van der Waals surface area contributed by atoms with Gasteiger partial charge in [0.25, 0.3) is 0 Å². The van der Waals surface area contributed by atoms with Crippen LogP contribution < -0.4 is 0 Å². The maximum Gasteiger partial charge on any atom is 0.217 e. The summed E-state index contributed by atoms with van der Waals surface area (Å²) in [6, 6.07) is 19.5. The highest BCUT2D eigenvalue weighted by molar-refractivity contribution is 5.95. The van der Waals surface area contributed by atoms with Crippen LogP contribution in [-0.2, 0) is 23.7 Å². The van der Waals surface area contributed by atoms with E-state index in [-0.39, 0.29) is 24.4 Å². The van der Waals surface area contributed by atoms with Crippen LogP contribution in [0.15, 0.2) is 65.7 Å². The molecule has 3 heterocycles. The third-order valence-corrected chi connectivity index (χ3v) is 5.15. The first kappa shape index (κ1) is 16.9. The van der Waals surface area contributed by atoms with Crippen molar-refractivity contribution in [2.45, 2.75) is 36.9 Å². The molecule has 6 nitrogen and oxygen atoms in total. The van der Waals surface area contributed by atoms with Crippen LogP contribution in [0.25, 0.3) is 0 Å². The van der Waals surface area contributed by atoms with Gasteiger partial charge in [0, 0.05) is 18.2 Å². The van der Waals surface area contributed by atoms with Crippen LogP contribution in [0.5, 0.6) is 0 Å². The van der Waals surface area contributed by atoms with Gasteiger partial charge < -0.3 is 23.7 Å². The van der Waals surface area contributed by atoms with Crippen molar-refractivity contribution in [2.24, 2.45) is 4.99 Å². The van der Waals surface area contributed by atoms with Crippen LogP contribution in [0, 0.1) is 0 Å². The van der Waals surface area contributed by atoms with Crippen molar-refractivity contribution in [3.8, 4) is 0 Å². The number of rotatable bonds is 3. The number of ether oxygens (including phenoxy) is 5. The van der Waals surface area contributed by atoms with Crippen LogP contribution in [0.3, 0.4) is 0 Å². The molecule has 2 saturated heterocycles. The fourth-order valence-corrected chi connectivity index (χ4v) is 3.82. The van der Waals surface area contributed by atoms with Gasteiger partial charge in [0.1, 0.15) is 18.2 Å². The zero-order chi connectivity index (χ0) is 18.2. The summed E-state index contributed by atoms with van der Waals surface area (Å²) in [4.78, 5) is 4.74. The fraction of sp³-hybridized carbons (Fsp3) is 0.381. The van der Waals surface area contributed by atoms with E-state index in [2.05, 4.69) is 0 Å². The van der Waals surface area contributed by atoms with E-state index in [4.69, 9.17) is 28.7 Å². The molecule has 0 bridgehead atoms. The smallest absolute Gasteiger partial charge is 0.217 e. The standard InChI is InChI=1S/C21H21NO5/c1-23-21-16-18(26-19(22-16)13-8-4-2-5-9-13)17-15(25-21)12-24-20(27-17)14-10-6-3-7-11-14/h2-11,15-18,20-21H,12H2,1H3/t15-,16-,17-,18+,20+,21-/m0/s1. The normalized spacial score (nSPS) is 34.9. The minimum atomic E-state index is -0.488. The van der Waals surface area contributed by atoms with E-state index in [0.29, 0.717) is 12.5 Å². The van der Waals surface area contributed by atoms with Gasteiger partial charge >= 0.3 is 0 Å². The molecule has 6 atom stereocenters. The third kappa shape index (κ3) is 3.04. The second-order valence-corrected chi connectivity index (χ2v) is 6.83. The largest absolute Gasteiger partial charge is 0.469 e. The number of nitrogens with zero attached hydrogens (tertiary/aromatic N) is 1. The summed E-state index contributed by atoms with van der Waals surface area (Å²) in [5, 5.41) is 0. The summed E-state index contributed by atoms with van der Waals surface area (Å²) in [5.74, 6) is 0.600.